The molecule has 0 bridgehead atoms. The first-order chi connectivity index (χ1) is 14.4. The number of pyridine rings is 2. The molecule has 1 aliphatic heterocycles. The van der Waals surface area contributed by atoms with Crippen molar-refractivity contribution in [1.29, 1.82) is 0 Å². The smallest absolute Gasteiger partial charge is 0.163 e. The van der Waals surface area contributed by atoms with E-state index >= 15 is 0 Å². The summed E-state index contributed by atoms with van der Waals surface area (Å²) in [7, 11) is 0. The van der Waals surface area contributed by atoms with Crippen LogP contribution in [0.3, 0.4) is 0 Å². The third kappa shape index (κ3) is 3.33. The number of nitrogens with one attached hydrogen (secondary N) is 2. The van der Waals surface area contributed by atoms with Crippen LogP contribution in [0.5, 0.6) is 0 Å². The van der Waals surface area contributed by atoms with Gasteiger partial charge < -0.3 is 15.2 Å². The van der Waals surface area contributed by atoms with Crippen molar-refractivity contribution in [3.8, 4) is 11.4 Å². The largest absolute Gasteiger partial charge is 0.353 e. The number of rotatable bonds is 2. The summed E-state index contributed by atoms with van der Waals surface area (Å²) >= 11 is 3.66. The van der Waals surface area contributed by atoms with E-state index in [1.807, 2.05) is 24.7 Å². The maximum absolute atomic E-state index is 5.06. The van der Waals surface area contributed by atoms with E-state index in [2.05, 4.69) is 67.9 Å². The maximum atomic E-state index is 5.06. The molecule has 0 amide bonds. The van der Waals surface area contributed by atoms with Crippen LogP contribution in [-0.4, -0.2) is 51.1 Å². The van der Waals surface area contributed by atoms with Gasteiger partial charge in [-0.3, -0.25) is 4.98 Å². The Morgan fingerprint density at radius 2 is 1.90 bits per heavy atom. The lowest BCUT2D eigenvalue weighted by atomic mass is 9.92. The fourth-order valence-corrected chi connectivity index (χ4v) is 4.38. The Hall–Kier alpha value is -2.58. The first-order valence-corrected chi connectivity index (χ1v) is 11.0. The van der Waals surface area contributed by atoms with Crippen LogP contribution in [0.25, 0.3) is 33.3 Å². The third-order valence-electron chi connectivity index (χ3n) is 5.54. The summed E-state index contributed by atoms with van der Waals surface area (Å²) in [5.74, 6) is 1.64. The van der Waals surface area contributed by atoms with Gasteiger partial charge in [0.05, 0.1) is 17.1 Å². The second kappa shape index (κ2) is 7.28. The van der Waals surface area contributed by atoms with Gasteiger partial charge in [-0.05, 0) is 28.1 Å². The third-order valence-corrected chi connectivity index (χ3v) is 6.14. The first kappa shape index (κ1) is 19.4. The zero-order valence-electron chi connectivity index (χ0n) is 17.3. The highest BCUT2D eigenvalue weighted by Crippen LogP contribution is 2.35. The van der Waals surface area contributed by atoms with Crippen LogP contribution in [0.4, 0.5) is 5.82 Å². The Bertz CT molecular complexity index is 1240. The van der Waals surface area contributed by atoms with Gasteiger partial charge in [0.1, 0.15) is 11.5 Å². The number of hydrogen-bond donors (Lipinski definition) is 2. The molecule has 7 nitrogen and oxygen atoms in total. The Balaban J connectivity index is 1.75. The molecule has 1 saturated heterocycles. The standard InChI is InChI=1S/C22H24BrN7/c1-22(2,3)17-10-14-13(4-5-26-19(14)28-17)20-27-16-12-25-11-15(23)18(16)21(29-20)30-8-6-24-7-9-30/h4-5,10-12,24H,6-9H2,1-3H3,(H,26,28). The van der Waals surface area contributed by atoms with E-state index in [1.165, 1.54) is 0 Å². The zero-order chi connectivity index (χ0) is 20.9. The van der Waals surface area contributed by atoms with Crippen molar-refractivity contribution in [2.45, 2.75) is 26.2 Å². The highest BCUT2D eigenvalue weighted by molar-refractivity contribution is 9.10. The van der Waals surface area contributed by atoms with Gasteiger partial charge in [-0.1, -0.05) is 20.8 Å². The molecule has 0 atom stereocenters. The number of piperazine rings is 1. The van der Waals surface area contributed by atoms with Gasteiger partial charge in [-0.25, -0.2) is 15.0 Å². The SMILES string of the molecule is CC(C)(C)c1cc2c(-c3nc(N4CCNCC4)c4c(Br)cncc4n3)ccnc2[nH]1. The first-order valence-electron chi connectivity index (χ1n) is 10.2. The van der Waals surface area contributed by atoms with E-state index in [9.17, 15) is 0 Å². The van der Waals surface area contributed by atoms with E-state index in [4.69, 9.17) is 9.97 Å². The minimum absolute atomic E-state index is 0.00293. The van der Waals surface area contributed by atoms with Crippen LogP contribution in [0.2, 0.25) is 0 Å². The monoisotopic (exact) mass is 465 g/mol. The molecule has 2 N–H and O–H groups in total. The molecule has 0 unspecified atom stereocenters. The second-order valence-electron chi connectivity index (χ2n) is 8.68. The predicted molar refractivity (Wildman–Crippen MR) is 124 cm³/mol. The fraction of sp³-hybridized carbons (Fsp3) is 0.364. The van der Waals surface area contributed by atoms with Gasteiger partial charge in [0, 0.05) is 65.1 Å². The number of anilines is 1. The highest BCUT2D eigenvalue weighted by Gasteiger charge is 2.22. The average molecular weight is 466 g/mol. The summed E-state index contributed by atoms with van der Waals surface area (Å²) in [5.41, 5.74) is 3.81. The lowest BCUT2D eigenvalue weighted by Gasteiger charge is -2.29. The van der Waals surface area contributed by atoms with Crippen molar-refractivity contribution in [2.24, 2.45) is 0 Å². The predicted octanol–water partition coefficient (Wildman–Crippen LogP) is 4.04. The Labute approximate surface area is 183 Å². The summed E-state index contributed by atoms with van der Waals surface area (Å²) in [6.45, 7) is 10.3. The summed E-state index contributed by atoms with van der Waals surface area (Å²) in [6, 6.07) is 4.17. The molecule has 0 radical (unpaired) electrons. The number of halogens is 1. The second-order valence-corrected chi connectivity index (χ2v) is 9.53. The van der Waals surface area contributed by atoms with Gasteiger partial charge in [-0.2, -0.15) is 0 Å². The molecule has 8 heteroatoms. The quantitative estimate of drug-likeness (QED) is 0.464. The van der Waals surface area contributed by atoms with Crippen LogP contribution >= 0.6 is 15.9 Å². The summed E-state index contributed by atoms with van der Waals surface area (Å²) in [5, 5.41) is 5.46. The molecule has 5 heterocycles. The van der Waals surface area contributed by atoms with Crippen LogP contribution in [0.1, 0.15) is 26.5 Å². The molecule has 0 aromatic carbocycles. The van der Waals surface area contributed by atoms with Gasteiger partial charge in [0.2, 0.25) is 0 Å². The summed E-state index contributed by atoms with van der Waals surface area (Å²) < 4.78 is 0.914. The molecule has 1 aliphatic rings. The maximum Gasteiger partial charge on any atom is 0.163 e. The van der Waals surface area contributed by atoms with Crippen molar-refractivity contribution in [3.63, 3.8) is 0 Å². The van der Waals surface area contributed by atoms with Gasteiger partial charge in [-0.15, -0.1) is 0 Å². The normalized spacial score (nSPS) is 15.3. The van der Waals surface area contributed by atoms with E-state index in [-0.39, 0.29) is 5.41 Å². The average Bonchev–Trinajstić information content (AvgIpc) is 3.19. The zero-order valence-corrected chi connectivity index (χ0v) is 18.9. The van der Waals surface area contributed by atoms with Crippen molar-refractivity contribution < 1.29 is 0 Å². The Morgan fingerprint density at radius 1 is 1.10 bits per heavy atom. The Morgan fingerprint density at radius 3 is 2.67 bits per heavy atom. The number of aromatic amines is 1. The Kier molecular flexibility index (Phi) is 4.71. The molecule has 0 aliphatic carbocycles. The molecule has 5 rings (SSSR count). The summed E-state index contributed by atoms with van der Waals surface area (Å²) in [4.78, 5) is 24.6. The molecule has 4 aromatic heterocycles. The molecule has 0 spiro atoms. The molecular formula is C22H24BrN7. The van der Waals surface area contributed by atoms with Crippen LogP contribution in [0, 0.1) is 0 Å². The molecule has 30 heavy (non-hydrogen) atoms. The topological polar surface area (TPSA) is 82.6 Å². The molecular weight excluding hydrogens is 442 g/mol. The minimum Gasteiger partial charge on any atom is -0.353 e. The van der Waals surface area contributed by atoms with Gasteiger partial charge in [0.15, 0.2) is 5.82 Å². The highest BCUT2D eigenvalue weighted by atomic mass is 79.9. The number of hydrogen-bond acceptors (Lipinski definition) is 6. The van der Waals surface area contributed by atoms with E-state index in [0.29, 0.717) is 5.82 Å². The number of nitrogens with zero attached hydrogens (tertiary/aromatic N) is 5. The fourth-order valence-electron chi connectivity index (χ4n) is 3.88. The molecule has 154 valence electrons. The van der Waals surface area contributed by atoms with Crippen molar-refractivity contribution >= 4 is 43.7 Å². The van der Waals surface area contributed by atoms with Crippen LogP contribution in [-0.2, 0) is 5.41 Å². The molecule has 0 saturated carbocycles. The van der Waals surface area contributed by atoms with E-state index < -0.39 is 0 Å². The van der Waals surface area contributed by atoms with Crippen LogP contribution < -0.4 is 10.2 Å². The number of fused-ring (bicyclic) bond motifs is 2. The molecule has 1 fully saturated rings. The van der Waals surface area contributed by atoms with Crippen molar-refractivity contribution in [1.82, 2.24) is 30.2 Å². The van der Waals surface area contributed by atoms with Crippen LogP contribution in [0.15, 0.2) is 35.2 Å². The van der Waals surface area contributed by atoms with Crippen molar-refractivity contribution in [2.75, 3.05) is 31.1 Å². The number of H-pyrrole nitrogens is 1. The number of aromatic nitrogens is 5. The molecule has 4 aromatic rings. The lowest BCUT2D eigenvalue weighted by molar-refractivity contribution is 0.574. The minimum atomic E-state index is 0.00293. The van der Waals surface area contributed by atoms with E-state index in [0.717, 1.165) is 69.7 Å². The van der Waals surface area contributed by atoms with Crippen molar-refractivity contribution in [3.05, 3.63) is 40.9 Å². The van der Waals surface area contributed by atoms with Gasteiger partial charge in [0.25, 0.3) is 0 Å². The van der Waals surface area contributed by atoms with Gasteiger partial charge >= 0.3 is 0 Å². The summed E-state index contributed by atoms with van der Waals surface area (Å²) in [6.07, 6.45) is 5.44. The van der Waals surface area contributed by atoms with E-state index in [1.54, 1.807) is 0 Å². The lowest BCUT2D eigenvalue weighted by Crippen LogP contribution is -2.44.